The van der Waals surface area contributed by atoms with Crippen molar-refractivity contribution in [2.45, 2.75) is 33.2 Å². The largest absolute Gasteiger partial charge is 0.296 e. The number of hydrogen-bond acceptors (Lipinski definition) is 4. The molecule has 0 spiro atoms. The SMILES string of the molecule is CC1(C)CCn2c(nc3cc(C=Cc4cc(C#N)ccn4)ccc3c2=O)C1. The summed E-state index contributed by atoms with van der Waals surface area (Å²) < 4.78 is 1.82. The molecular formula is C22H20N4O. The third kappa shape index (κ3) is 3.39. The maximum atomic E-state index is 12.8. The fraction of sp³-hybridized carbons (Fsp3) is 0.273. The first kappa shape index (κ1) is 17.2. The summed E-state index contributed by atoms with van der Waals surface area (Å²) in [4.78, 5) is 21.8. The number of nitriles is 1. The van der Waals surface area contributed by atoms with Gasteiger partial charge in [-0.2, -0.15) is 5.26 Å². The van der Waals surface area contributed by atoms with E-state index in [2.05, 4.69) is 24.9 Å². The standard InChI is InChI=1S/C22H20N4O/c1-22(2)8-10-26-20(13-22)25-19-12-15(4-6-18(19)21(26)27)3-5-17-11-16(14-23)7-9-24-17/h3-7,9,11-12H,8,10,13H2,1-2H3. The average molecular weight is 356 g/mol. The zero-order valence-electron chi connectivity index (χ0n) is 15.4. The Labute approximate surface area is 157 Å². The molecule has 0 radical (unpaired) electrons. The van der Waals surface area contributed by atoms with E-state index < -0.39 is 0 Å². The van der Waals surface area contributed by atoms with E-state index in [0.717, 1.165) is 42.0 Å². The van der Waals surface area contributed by atoms with Crippen LogP contribution in [0.2, 0.25) is 0 Å². The number of pyridine rings is 1. The molecule has 3 heterocycles. The molecule has 2 aromatic heterocycles. The van der Waals surface area contributed by atoms with E-state index in [1.807, 2.05) is 34.9 Å². The minimum absolute atomic E-state index is 0.0458. The summed E-state index contributed by atoms with van der Waals surface area (Å²) in [6, 6.07) is 11.2. The highest BCUT2D eigenvalue weighted by atomic mass is 16.1. The van der Waals surface area contributed by atoms with Gasteiger partial charge in [-0.15, -0.1) is 0 Å². The normalized spacial score (nSPS) is 15.6. The first-order chi connectivity index (χ1) is 12.9. The minimum atomic E-state index is 0.0458. The van der Waals surface area contributed by atoms with Crippen LogP contribution >= 0.6 is 0 Å². The van der Waals surface area contributed by atoms with Crippen molar-refractivity contribution < 1.29 is 0 Å². The maximum Gasteiger partial charge on any atom is 0.261 e. The van der Waals surface area contributed by atoms with Gasteiger partial charge in [0, 0.05) is 19.2 Å². The molecule has 5 heteroatoms. The summed E-state index contributed by atoms with van der Waals surface area (Å²) in [6.45, 7) is 5.16. The molecule has 0 saturated carbocycles. The Morgan fingerprint density at radius 1 is 1.22 bits per heavy atom. The van der Waals surface area contributed by atoms with Crippen molar-refractivity contribution in [2.24, 2.45) is 5.41 Å². The van der Waals surface area contributed by atoms with Gasteiger partial charge >= 0.3 is 0 Å². The first-order valence-electron chi connectivity index (χ1n) is 9.03. The molecule has 1 aromatic carbocycles. The fourth-order valence-corrected chi connectivity index (χ4v) is 3.47. The molecule has 0 aliphatic carbocycles. The van der Waals surface area contributed by atoms with E-state index in [4.69, 9.17) is 10.2 Å². The number of aromatic nitrogens is 3. The third-order valence-corrected chi connectivity index (χ3v) is 5.06. The highest BCUT2D eigenvalue weighted by Gasteiger charge is 2.27. The number of rotatable bonds is 2. The molecule has 0 bridgehead atoms. The van der Waals surface area contributed by atoms with Gasteiger partial charge in [-0.05, 0) is 47.7 Å². The lowest BCUT2D eigenvalue weighted by atomic mass is 9.83. The lowest BCUT2D eigenvalue weighted by Gasteiger charge is -2.31. The van der Waals surface area contributed by atoms with Gasteiger partial charge in [0.05, 0.1) is 28.2 Å². The summed E-state index contributed by atoms with van der Waals surface area (Å²) in [5.41, 5.74) is 3.18. The number of hydrogen-bond donors (Lipinski definition) is 0. The van der Waals surface area contributed by atoms with Crippen LogP contribution < -0.4 is 5.56 Å². The molecule has 0 amide bonds. The van der Waals surface area contributed by atoms with Gasteiger partial charge in [-0.3, -0.25) is 14.3 Å². The monoisotopic (exact) mass is 356 g/mol. The highest BCUT2D eigenvalue weighted by Crippen LogP contribution is 2.30. The second kappa shape index (κ2) is 6.48. The lowest BCUT2D eigenvalue weighted by Crippen LogP contribution is -2.35. The van der Waals surface area contributed by atoms with Crippen LogP contribution in [0.25, 0.3) is 23.1 Å². The van der Waals surface area contributed by atoms with E-state index in [9.17, 15) is 4.79 Å². The molecular weight excluding hydrogens is 336 g/mol. The van der Waals surface area contributed by atoms with Gasteiger partial charge in [0.2, 0.25) is 0 Å². The van der Waals surface area contributed by atoms with Gasteiger partial charge in [-0.1, -0.05) is 26.0 Å². The Hall–Kier alpha value is -3.26. The van der Waals surface area contributed by atoms with Crippen molar-refractivity contribution in [1.82, 2.24) is 14.5 Å². The molecule has 0 unspecified atom stereocenters. The molecule has 1 aliphatic heterocycles. The van der Waals surface area contributed by atoms with Gasteiger partial charge in [-0.25, -0.2) is 4.98 Å². The molecule has 3 aromatic rings. The van der Waals surface area contributed by atoms with Crippen molar-refractivity contribution in [2.75, 3.05) is 0 Å². The second-order valence-electron chi connectivity index (χ2n) is 7.77. The molecule has 1 aliphatic rings. The average Bonchev–Trinajstić information content (AvgIpc) is 2.65. The van der Waals surface area contributed by atoms with Crippen molar-refractivity contribution in [3.05, 3.63) is 69.5 Å². The van der Waals surface area contributed by atoms with Crippen LogP contribution in [-0.2, 0) is 13.0 Å². The Morgan fingerprint density at radius 3 is 2.89 bits per heavy atom. The van der Waals surface area contributed by atoms with Crippen molar-refractivity contribution in [1.29, 1.82) is 5.26 Å². The van der Waals surface area contributed by atoms with Gasteiger partial charge in [0.25, 0.3) is 5.56 Å². The van der Waals surface area contributed by atoms with Crippen molar-refractivity contribution >= 4 is 23.1 Å². The molecule has 27 heavy (non-hydrogen) atoms. The molecule has 134 valence electrons. The Bertz CT molecular complexity index is 1170. The molecule has 0 atom stereocenters. The summed E-state index contributed by atoms with van der Waals surface area (Å²) in [6.07, 6.45) is 7.20. The van der Waals surface area contributed by atoms with E-state index in [-0.39, 0.29) is 11.0 Å². The number of fused-ring (bicyclic) bond motifs is 2. The van der Waals surface area contributed by atoms with E-state index in [0.29, 0.717) is 10.9 Å². The molecule has 5 nitrogen and oxygen atoms in total. The van der Waals surface area contributed by atoms with Gasteiger partial charge in [0.15, 0.2) is 0 Å². The van der Waals surface area contributed by atoms with Crippen LogP contribution in [0, 0.1) is 16.7 Å². The fourth-order valence-electron chi connectivity index (χ4n) is 3.47. The summed E-state index contributed by atoms with van der Waals surface area (Å²) >= 11 is 0. The highest BCUT2D eigenvalue weighted by molar-refractivity contribution is 5.82. The second-order valence-corrected chi connectivity index (χ2v) is 7.77. The molecule has 0 saturated heterocycles. The topological polar surface area (TPSA) is 71.6 Å². The third-order valence-electron chi connectivity index (χ3n) is 5.06. The van der Waals surface area contributed by atoms with Crippen LogP contribution in [0.3, 0.4) is 0 Å². The molecule has 0 fully saturated rings. The number of nitrogens with zero attached hydrogens (tertiary/aromatic N) is 4. The Morgan fingerprint density at radius 2 is 2.07 bits per heavy atom. The summed E-state index contributed by atoms with van der Waals surface area (Å²) in [5.74, 6) is 0.869. The Kier molecular flexibility index (Phi) is 4.12. The lowest BCUT2D eigenvalue weighted by molar-refractivity contribution is 0.261. The predicted octanol–water partition coefficient (Wildman–Crippen LogP) is 3.81. The summed E-state index contributed by atoms with van der Waals surface area (Å²) in [7, 11) is 0. The van der Waals surface area contributed by atoms with Crippen LogP contribution in [0.1, 0.15) is 42.9 Å². The van der Waals surface area contributed by atoms with Crippen LogP contribution in [0.5, 0.6) is 0 Å². The smallest absolute Gasteiger partial charge is 0.261 e. The Balaban J connectivity index is 1.73. The van der Waals surface area contributed by atoms with E-state index >= 15 is 0 Å². The minimum Gasteiger partial charge on any atom is -0.296 e. The first-order valence-corrected chi connectivity index (χ1v) is 9.03. The van der Waals surface area contributed by atoms with E-state index in [1.165, 1.54) is 0 Å². The zero-order chi connectivity index (χ0) is 19.0. The van der Waals surface area contributed by atoms with Gasteiger partial charge in [0.1, 0.15) is 5.82 Å². The zero-order valence-corrected chi connectivity index (χ0v) is 15.4. The predicted molar refractivity (Wildman–Crippen MR) is 106 cm³/mol. The molecule has 0 N–H and O–H groups in total. The maximum absolute atomic E-state index is 12.8. The van der Waals surface area contributed by atoms with Crippen LogP contribution in [-0.4, -0.2) is 14.5 Å². The van der Waals surface area contributed by atoms with Crippen LogP contribution in [0.4, 0.5) is 0 Å². The van der Waals surface area contributed by atoms with E-state index in [1.54, 1.807) is 18.3 Å². The van der Waals surface area contributed by atoms with Crippen molar-refractivity contribution in [3.63, 3.8) is 0 Å². The quantitative estimate of drug-likeness (QED) is 0.700. The van der Waals surface area contributed by atoms with Crippen LogP contribution in [0.15, 0.2) is 41.3 Å². The summed E-state index contributed by atoms with van der Waals surface area (Å²) in [5, 5.41) is 9.64. The number of benzene rings is 1. The van der Waals surface area contributed by atoms with Crippen molar-refractivity contribution in [3.8, 4) is 6.07 Å². The van der Waals surface area contributed by atoms with Gasteiger partial charge < -0.3 is 0 Å². The molecule has 4 rings (SSSR count).